The molecule has 1 saturated heterocycles. The molecule has 1 aromatic carbocycles. The van der Waals surface area contributed by atoms with Crippen LogP contribution in [0.25, 0.3) is 0 Å². The zero-order valence-corrected chi connectivity index (χ0v) is 13.5. The summed E-state index contributed by atoms with van der Waals surface area (Å²) in [5.74, 6) is -0.285. The molecule has 1 fully saturated rings. The largest absolute Gasteiger partial charge is 0.297 e. The molecule has 4 heteroatoms. The van der Waals surface area contributed by atoms with Gasteiger partial charge in [-0.25, -0.2) is 4.39 Å². The van der Waals surface area contributed by atoms with E-state index in [2.05, 4.69) is 4.90 Å². The summed E-state index contributed by atoms with van der Waals surface area (Å²) in [6.07, 6.45) is 5.09. The second kappa shape index (κ2) is 6.89. The van der Waals surface area contributed by atoms with Gasteiger partial charge in [-0.2, -0.15) is 0 Å². The van der Waals surface area contributed by atoms with Crippen LogP contribution < -0.4 is 0 Å². The minimum Gasteiger partial charge on any atom is -0.297 e. The molecular formula is C17H23ClFNO. The Bertz CT molecular complexity index is 508. The zero-order chi connectivity index (χ0) is 15.5. The molecule has 21 heavy (non-hydrogen) atoms. The first-order valence-electron chi connectivity index (χ1n) is 7.63. The monoisotopic (exact) mass is 311 g/mol. The Morgan fingerprint density at radius 3 is 2.43 bits per heavy atom. The maximum Gasteiger partial charge on any atom is 0.156 e. The van der Waals surface area contributed by atoms with E-state index >= 15 is 0 Å². The van der Waals surface area contributed by atoms with Crippen LogP contribution in [-0.2, 0) is 11.2 Å². The summed E-state index contributed by atoms with van der Waals surface area (Å²) in [5.41, 5.74) is 0.292. The number of hydrogen-bond donors (Lipinski definition) is 0. The van der Waals surface area contributed by atoms with Crippen LogP contribution in [0.2, 0.25) is 5.02 Å². The molecular weight excluding hydrogens is 289 g/mol. The average Bonchev–Trinajstić information content (AvgIpc) is 2.72. The Morgan fingerprint density at radius 1 is 1.24 bits per heavy atom. The minimum absolute atomic E-state index is 0.0767. The molecule has 2 nitrogen and oxygen atoms in total. The number of hydrogen-bond acceptors (Lipinski definition) is 2. The molecule has 0 bridgehead atoms. The Hall–Kier alpha value is -0.930. The lowest BCUT2D eigenvalue weighted by Crippen LogP contribution is -2.51. The molecule has 116 valence electrons. The predicted octanol–water partition coefficient (Wildman–Crippen LogP) is 4.25. The number of ketones is 1. The van der Waals surface area contributed by atoms with E-state index in [1.807, 2.05) is 13.8 Å². The number of benzene rings is 1. The Balaban J connectivity index is 2.08. The van der Waals surface area contributed by atoms with Crippen LogP contribution in [0, 0.1) is 5.82 Å². The molecule has 2 rings (SSSR count). The normalized spacial score (nSPS) is 17.5. The summed E-state index contributed by atoms with van der Waals surface area (Å²) >= 11 is 5.79. The van der Waals surface area contributed by atoms with Gasteiger partial charge in [0.05, 0.1) is 10.6 Å². The van der Waals surface area contributed by atoms with Crippen molar-refractivity contribution in [3.63, 3.8) is 0 Å². The molecule has 0 radical (unpaired) electrons. The van der Waals surface area contributed by atoms with Crippen LogP contribution in [0.4, 0.5) is 4.39 Å². The van der Waals surface area contributed by atoms with Gasteiger partial charge >= 0.3 is 0 Å². The Morgan fingerprint density at radius 2 is 1.86 bits per heavy atom. The highest BCUT2D eigenvalue weighted by atomic mass is 35.5. The maximum absolute atomic E-state index is 13.2. The molecule has 1 heterocycles. The second-order valence-corrected chi connectivity index (χ2v) is 6.72. The SMILES string of the molecule is CC(C)(C(=O)Cc1ccc(F)c(Cl)c1)N1CCCCCC1. The van der Waals surface area contributed by atoms with Crippen molar-refractivity contribution in [2.24, 2.45) is 0 Å². The van der Waals surface area contributed by atoms with E-state index in [1.165, 1.54) is 18.9 Å². The van der Waals surface area contributed by atoms with Crippen molar-refractivity contribution in [1.29, 1.82) is 0 Å². The summed E-state index contributed by atoms with van der Waals surface area (Å²) in [5, 5.41) is 0.0767. The third-order valence-corrected chi connectivity index (χ3v) is 4.72. The minimum atomic E-state index is -0.481. The number of carbonyl (C=O) groups excluding carboxylic acids is 1. The van der Waals surface area contributed by atoms with Gasteiger partial charge in [-0.05, 0) is 57.5 Å². The summed E-state index contributed by atoms with van der Waals surface area (Å²) < 4.78 is 13.2. The van der Waals surface area contributed by atoms with Crippen molar-refractivity contribution in [1.82, 2.24) is 4.90 Å². The molecule has 1 aliphatic rings. The first kappa shape index (κ1) is 16.4. The van der Waals surface area contributed by atoms with Crippen LogP contribution in [0.3, 0.4) is 0 Å². The van der Waals surface area contributed by atoms with Crippen molar-refractivity contribution in [2.45, 2.75) is 51.5 Å². The van der Waals surface area contributed by atoms with E-state index < -0.39 is 11.4 Å². The Labute approximate surface area is 131 Å². The summed E-state index contributed by atoms with van der Waals surface area (Å²) in [4.78, 5) is 14.9. The second-order valence-electron chi connectivity index (χ2n) is 6.31. The van der Waals surface area contributed by atoms with Gasteiger partial charge in [0.1, 0.15) is 5.82 Å². The van der Waals surface area contributed by atoms with Crippen LogP contribution in [0.15, 0.2) is 18.2 Å². The standard InChI is InChI=1S/C17H23ClFNO/c1-17(2,20-9-5-3-4-6-10-20)16(21)12-13-7-8-15(19)14(18)11-13/h7-8,11H,3-6,9-10,12H2,1-2H3. The fraction of sp³-hybridized carbons (Fsp3) is 0.588. The highest BCUT2D eigenvalue weighted by molar-refractivity contribution is 6.30. The number of carbonyl (C=O) groups is 1. The van der Waals surface area contributed by atoms with Gasteiger partial charge in [0, 0.05) is 6.42 Å². The average molecular weight is 312 g/mol. The number of Topliss-reactive ketones (excluding diaryl/α,β-unsaturated/α-hetero) is 1. The van der Waals surface area contributed by atoms with E-state index in [0.29, 0.717) is 6.42 Å². The number of nitrogens with zero attached hydrogens (tertiary/aromatic N) is 1. The summed E-state index contributed by atoms with van der Waals surface area (Å²) in [6, 6.07) is 4.51. The Kier molecular flexibility index (Phi) is 5.39. The van der Waals surface area contributed by atoms with Gasteiger partial charge in [0.25, 0.3) is 0 Å². The third kappa shape index (κ3) is 4.04. The molecule has 0 amide bonds. The number of halogens is 2. The number of likely N-dealkylation sites (tertiary alicyclic amines) is 1. The molecule has 0 N–H and O–H groups in total. The van der Waals surface area contributed by atoms with Crippen LogP contribution in [-0.4, -0.2) is 29.3 Å². The highest BCUT2D eigenvalue weighted by Crippen LogP contribution is 2.24. The molecule has 0 atom stereocenters. The molecule has 1 aliphatic heterocycles. The van der Waals surface area contributed by atoms with E-state index in [4.69, 9.17) is 11.6 Å². The lowest BCUT2D eigenvalue weighted by Gasteiger charge is -2.36. The first-order chi connectivity index (χ1) is 9.91. The zero-order valence-electron chi connectivity index (χ0n) is 12.8. The third-order valence-electron chi connectivity index (χ3n) is 4.43. The van der Waals surface area contributed by atoms with Gasteiger partial charge in [0.2, 0.25) is 0 Å². The van der Waals surface area contributed by atoms with Gasteiger partial charge in [-0.1, -0.05) is 30.5 Å². The van der Waals surface area contributed by atoms with Gasteiger partial charge < -0.3 is 0 Å². The van der Waals surface area contributed by atoms with Crippen molar-refractivity contribution < 1.29 is 9.18 Å². The lowest BCUT2D eigenvalue weighted by molar-refractivity contribution is -0.128. The summed E-state index contributed by atoms with van der Waals surface area (Å²) in [6.45, 7) is 5.93. The highest BCUT2D eigenvalue weighted by Gasteiger charge is 2.34. The van der Waals surface area contributed by atoms with Crippen molar-refractivity contribution in [3.8, 4) is 0 Å². The van der Waals surface area contributed by atoms with E-state index in [9.17, 15) is 9.18 Å². The van der Waals surface area contributed by atoms with Crippen molar-refractivity contribution in [2.75, 3.05) is 13.1 Å². The fourth-order valence-electron chi connectivity index (χ4n) is 2.86. The molecule has 0 unspecified atom stereocenters. The molecule has 1 aromatic rings. The van der Waals surface area contributed by atoms with Crippen molar-refractivity contribution >= 4 is 17.4 Å². The van der Waals surface area contributed by atoms with Gasteiger partial charge in [0.15, 0.2) is 5.78 Å². The van der Waals surface area contributed by atoms with Crippen LogP contribution >= 0.6 is 11.6 Å². The summed E-state index contributed by atoms with van der Waals surface area (Å²) in [7, 11) is 0. The van der Waals surface area contributed by atoms with Crippen molar-refractivity contribution in [3.05, 3.63) is 34.6 Å². The molecule has 0 saturated carbocycles. The lowest BCUT2D eigenvalue weighted by atomic mass is 9.91. The molecule has 0 aromatic heterocycles. The number of rotatable bonds is 4. The predicted molar refractivity (Wildman–Crippen MR) is 84.2 cm³/mol. The van der Waals surface area contributed by atoms with Crippen LogP contribution in [0.1, 0.15) is 45.1 Å². The fourth-order valence-corrected chi connectivity index (χ4v) is 3.06. The van der Waals surface area contributed by atoms with E-state index in [1.54, 1.807) is 12.1 Å². The van der Waals surface area contributed by atoms with Crippen LogP contribution in [0.5, 0.6) is 0 Å². The van der Waals surface area contributed by atoms with E-state index in [-0.39, 0.29) is 10.8 Å². The maximum atomic E-state index is 13.2. The molecule has 0 aliphatic carbocycles. The van der Waals surface area contributed by atoms with Gasteiger partial charge in [-0.15, -0.1) is 0 Å². The quantitative estimate of drug-likeness (QED) is 0.828. The smallest absolute Gasteiger partial charge is 0.156 e. The van der Waals surface area contributed by atoms with E-state index in [0.717, 1.165) is 31.5 Å². The molecule has 0 spiro atoms. The first-order valence-corrected chi connectivity index (χ1v) is 8.01. The van der Waals surface area contributed by atoms with Gasteiger partial charge in [-0.3, -0.25) is 9.69 Å². The topological polar surface area (TPSA) is 20.3 Å².